The van der Waals surface area contributed by atoms with Gasteiger partial charge in [-0.3, -0.25) is 14.5 Å². The van der Waals surface area contributed by atoms with Crippen LogP contribution in [-0.2, 0) is 4.79 Å². The third-order valence-electron chi connectivity index (χ3n) is 4.65. The Labute approximate surface area is 175 Å². The second kappa shape index (κ2) is 10.8. The predicted molar refractivity (Wildman–Crippen MR) is 113 cm³/mol. The highest BCUT2D eigenvalue weighted by atomic mass is 32.1. The van der Waals surface area contributed by atoms with Gasteiger partial charge in [-0.2, -0.15) is 0 Å². The van der Waals surface area contributed by atoms with Gasteiger partial charge in [0.15, 0.2) is 6.61 Å². The predicted octanol–water partition coefficient (Wildman–Crippen LogP) is 2.10. The Morgan fingerprint density at radius 2 is 1.72 bits per heavy atom. The maximum absolute atomic E-state index is 12.4. The first-order valence-electron chi connectivity index (χ1n) is 9.83. The molecule has 0 unspecified atom stereocenters. The Morgan fingerprint density at radius 1 is 1.03 bits per heavy atom. The van der Waals surface area contributed by atoms with Crippen LogP contribution in [0.1, 0.15) is 16.6 Å². The summed E-state index contributed by atoms with van der Waals surface area (Å²) >= 11 is 1.48. The van der Waals surface area contributed by atoms with E-state index in [1.54, 1.807) is 12.1 Å². The van der Waals surface area contributed by atoms with Crippen molar-refractivity contribution in [3.8, 4) is 11.5 Å². The third kappa shape index (κ3) is 6.47. The molecule has 0 atom stereocenters. The van der Waals surface area contributed by atoms with Gasteiger partial charge in [-0.05, 0) is 42.6 Å². The quantitative estimate of drug-likeness (QED) is 0.677. The first kappa shape index (κ1) is 21.1. The lowest BCUT2D eigenvalue weighted by Gasteiger charge is -2.34. The molecule has 0 aliphatic carbocycles. The number of hydrogen-bond acceptors (Lipinski definition) is 6. The lowest BCUT2D eigenvalue weighted by molar-refractivity contribution is -0.123. The lowest BCUT2D eigenvalue weighted by atomic mass is 10.3. The molecule has 1 N–H and O–H groups in total. The number of amides is 2. The molecule has 2 heterocycles. The van der Waals surface area contributed by atoms with Crippen molar-refractivity contribution in [1.29, 1.82) is 0 Å². The van der Waals surface area contributed by atoms with Gasteiger partial charge in [-0.15, -0.1) is 11.3 Å². The van der Waals surface area contributed by atoms with E-state index in [9.17, 15) is 9.59 Å². The van der Waals surface area contributed by atoms with Crippen LogP contribution in [0.3, 0.4) is 0 Å². The van der Waals surface area contributed by atoms with Gasteiger partial charge in [-0.1, -0.05) is 6.07 Å². The molecule has 0 saturated carbocycles. The molecular formula is C21H27N3O4S. The molecule has 1 saturated heterocycles. The van der Waals surface area contributed by atoms with Gasteiger partial charge < -0.3 is 19.7 Å². The van der Waals surface area contributed by atoms with E-state index in [1.165, 1.54) is 11.3 Å². The Hall–Kier alpha value is -2.58. The molecule has 156 valence electrons. The zero-order valence-electron chi connectivity index (χ0n) is 16.6. The van der Waals surface area contributed by atoms with Crippen LogP contribution < -0.4 is 14.8 Å². The molecule has 8 heteroatoms. The molecule has 0 bridgehead atoms. The van der Waals surface area contributed by atoms with E-state index in [-0.39, 0.29) is 18.4 Å². The SMILES string of the molecule is CCOc1ccc(OCC(=O)NCCN2CCN(C(=O)c3cccs3)CC2)cc1. The largest absolute Gasteiger partial charge is 0.494 e. The molecule has 1 aliphatic rings. The van der Waals surface area contributed by atoms with Crippen LogP contribution in [0, 0.1) is 0 Å². The number of rotatable bonds is 9. The Kier molecular flexibility index (Phi) is 7.89. The standard InChI is InChI=1S/C21H27N3O4S/c1-2-27-17-5-7-18(8-6-17)28-16-20(25)22-9-10-23-11-13-24(14-12-23)21(26)19-4-3-15-29-19/h3-8,15H,2,9-14,16H2,1H3,(H,22,25). The third-order valence-corrected chi connectivity index (χ3v) is 5.50. The summed E-state index contributed by atoms with van der Waals surface area (Å²) < 4.78 is 10.9. The summed E-state index contributed by atoms with van der Waals surface area (Å²) in [5, 5.41) is 4.80. The van der Waals surface area contributed by atoms with Gasteiger partial charge in [0.25, 0.3) is 11.8 Å². The topological polar surface area (TPSA) is 71.1 Å². The fourth-order valence-corrected chi connectivity index (χ4v) is 3.77. The van der Waals surface area contributed by atoms with Crippen LogP contribution in [-0.4, -0.2) is 74.1 Å². The Morgan fingerprint density at radius 3 is 2.34 bits per heavy atom. The maximum Gasteiger partial charge on any atom is 0.264 e. The normalized spacial score (nSPS) is 14.4. The van der Waals surface area contributed by atoms with Gasteiger partial charge >= 0.3 is 0 Å². The molecular weight excluding hydrogens is 390 g/mol. The molecule has 7 nitrogen and oxygen atoms in total. The molecule has 3 rings (SSSR count). The first-order chi connectivity index (χ1) is 14.2. The van der Waals surface area contributed by atoms with E-state index in [0.29, 0.717) is 32.0 Å². The van der Waals surface area contributed by atoms with Crippen molar-refractivity contribution in [2.24, 2.45) is 0 Å². The van der Waals surface area contributed by atoms with Crippen LogP contribution in [0.5, 0.6) is 11.5 Å². The van der Waals surface area contributed by atoms with Crippen molar-refractivity contribution in [3.05, 3.63) is 46.7 Å². The smallest absolute Gasteiger partial charge is 0.264 e. The average Bonchev–Trinajstić information content (AvgIpc) is 3.28. The number of carbonyl (C=O) groups is 2. The van der Waals surface area contributed by atoms with Gasteiger partial charge in [0.2, 0.25) is 0 Å². The van der Waals surface area contributed by atoms with Crippen molar-refractivity contribution in [2.45, 2.75) is 6.92 Å². The zero-order chi connectivity index (χ0) is 20.5. The number of nitrogens with zero attached hydrogens (tertiary/aromatic N) is 2. The van der Waals surface area contributed by atoms with Crippen LogP contribution >= 0.6 is 11.3 Å². The molecule has 1 aromatic heterocycles. The molecule has 1 fully saturated rings. The van der Waals surface area contributed by atoms with Gasteiger partial charge in [0, 0.05) is 39.3 Å². The highest BCUT2D eigenvalue weighted by Gasteiger charge is 2.22. The molecule has 0 radical (unpaired) electrons. The zero-order valence-corrected chi connectivity index (χ0v) is 17.5. The highest BCUT2D eigenvalue weighted by Crippen LogP contribution is 2.17. The number of nitrogens with one attached hydrogen (secondary N) is 1. The minimum absolute atomic E-state index is 0.0168. The van der Waals surface area contributed by atoms with Gasteiger partial charge in [0.1, 0.15) is 11.5 Å². The maximum atomic E-state index is 12.4. The number of ether oxygens (including phenoxy) is 2. The highest BCUT2D eigenvalue weighted by molar-refractivity contribution is 7.12. The second-order valence-electron chi connectivity index (χ2n) is 6.65. The van der Waals surface area contributed by atoms with Crippen molar-refractivity contribution >= 4 is 23.2 Å². The van der Waals surface area contributed by atoms with Crippen molar-refractivity contribution in [2.75, 3.05) is 52.5 Å². The van der Waals surface area contributed by atoms with Crippen LogP contribution in [0.25, 0.3) is 0 Å². The van der Waals surface area contributed by atoms with E-state index < -0.39 is 0 Å². The van der Waals surface area contributed by atoms with E-state index in [4.69, 9.17) is 9.47 Å². The minimum Gasteiger partial charge on any atom is -0.494 e. The minimum atomic E-state index is -0.148. The van der Waals surface area contributed by atoms with E-state index in [1.807, 2.05) is 41.5 Å². The molecule has 1 aliphatic heterocycles. The van der Waals surface area contributed by atoms with Gasteiger partial charge in [-0.25, -0.2) is 0 Å². The number of hydrogen-bond donors (Lipinski definition) is 1. The Balaban J connectivity index is 1.29. The van der Waals surface area contributed by atoms with Crippen LogP contribution in [0.2, 0.25) is 0 Å². The van der Waals surface area contributed by atoms with E-state index >= 15 is 0 Å². The van der Waals surface area contributed by atoms with Crippen LogP contribution in [0.15, 0.2) is 41.8 Å². The molecule has 1 aromatic carbocycles. The number of thiophene rings is 1. The molecule has 0 spiro atoms. The van der Waals surface area contributed by atoms with Gasteiger partial charge in [0.05, 0.1) is 11.5 Å². The molecule has 2 aromatic rings. The number of carbonyl (C=O) groups excluding carboxylic acids is 2. The molecule has 29 heavy (non-hydrogen) atoms. The van der Waals surface area contributed by atoms with Crippen molar-refractivity contribution in [3.63, 3.8) is 0 Å². The average molecular weight is 418 g/mol. The summed E-state index contributed by atoms with van der Waals surface area (Å²) in [4.78, 5) is 29.3. The lowest BCUT2D eigenvalue weighted by Crippen LogP contribution is -2.50. The van der Waals surface area contributed by atoms with E-state index in [0.717, 1.165) is 30.3 Å². The second-order valence-corrected chi connectivity index (χ2v) is 7.60. The summed E-state index contributed by atoms with van der Waals surface area (Å²) in [5.41, 5.74) is 0. The fraction of sp³-hybridized carbons (Fsp3) is 0.429. The summed E-state index contributed by atoms with van der Waals surface area (Å²) in [6.07, 6.45) is 0. The summed E-state index contributed by atoms with van der Waals surface area (Å²) in [7, 11) is 0. The van der Waals surface area contributed by atoms with E-state index in [2.05, 4.69) is 10.2 Å². The Bertz CT molecular complexity index is 772. The fourth-order valence-electron chi connectivity index (χ4n) is 3.08. The molecule has 2 amide bonds. The first-order valence-corrected chi connectivity index (χ1v) is 10.7. The van der Waals surface area contributed by atoms with Crippen molar-refractivity contribution < 1.29 is 19.1 Å². The van der Waals surface area contributed by atoms with Crippen molar-refractivity contribution in [1.82, 2.24) is 15.1 Å². The monoisotopic (exact) mass is 417 g/mol. The number of benzene rings is 1. The van der Waals surface area contributed by atoms with Crippen LogP contribution in [0.4, 0.5) is 0 Å². The summed E-state index contributed by atoms with van der Waals surface area (Å²) in [6, 6.07) is 11.0. The summed E-state index contributed by atoms with van der Waals surface area (Å²) in [5.74, 6) is 1.38. The summed E-state index contributed by atoms with van der Waals surface area (Å²) in [6.45, 7) is 6.90. The number of piperazine rings is 1.